The Labute approximate surface area is 131 Å². The summed E-state index contributed by atoms with van der Waals surface area (Å²) in [6.07, 6.45) is 2.27. The molecule has 1 N–H and O–H groups in total. The maximum Gasteiger partial charge on any atom is 0.296 e. The highest BCUT2D eigenvalue weighted by atomic mass is 79.9. The summed E-state index contributed by atoms with van der Waals surface area (Å²) in [6, 6.07) is 3.57. The lowest BCUT2D eigenvalue weighted by atomic mass is 10.0. The normalized spacial score (nSPS) is 21.1. The quantitative estimate of drug-likeness (QED) is 0.848. The van der Waals surface area contributed by atoms with Gasteiger partial charge in [-0.2, -0.15) is 0 Å². The zero-order chi connectivity index (χ0) is 15.0. The Kier molecular flexibility index (Phi) is 3.99. The van der Waals surface area contributed by atoms with Crippen LogP contribution in [0.3, 0.4) is 0 Å². The van der Waals surface area contributed by atoms with Gasteiger partial charge in [0.2, 0.25) is 0 Å². The molecule has 21 heavy (non-hydrogen) atoms. The Morgan fingerprint density at radius 1 is 1.43 bits per heavy atom. The van der Waals surface area contributed by atoms with Gasteiger partial charge in [0.1, 0.15) is 0 Å². The van der Waals surface area contributed by atoms with Crippen molar-refractivity contribution >= 4 is 39.0 Å². The second kappa shape index (κ2) is 5.77. The summed E-state index contributed by atoms with van der Waals surface area (Å²) in [5.74, 6) is -0.516. The molecule has 0 spiro atoms. The van der Waals surface area contributed by atoms with Gasteiger partial charge in [-0.15, -0.1) is 0 Å². The molecule has 1 fully saturated rings. The molecule has 3 rings (SSSR count). The first-order valence-corrected chi connectivity index (χ1v) is 7.83. The van der Waals surface area contributed by atoms with Crippen LogP contribution in [0.2, 0.25) is 0 Å². The number of fused-ring (bicyclic) bond motifs is 1. The van der Waals surface area contributed by atoms with Crippen molar-refractivity contribution in [2.24, 2.45) is 5.92 Å². The van der Waals surface area contributed by atoms with Crippen LogP contribution in [-0.2, 0) is 9.53 Å². The summed E-state index contributed by atoms with van der Waals surface area (Å²) in [4.78, 5) is 25.3. The molecule has 1 atom stereocenters. The molecule has 0 bridgehead atoms. The van der Waals surface area contributed by atoms with Crippen LogP contribution >= 0.6 is 15.9 Å². The molecular weight excluding hydrogens is 336 g/mol. The van der Waals surface area contributed by atoms with E-state index in [1.807, 2.05) is 13.1 Å². The molecule has 0 aliphatic carbocycles. The van der Waals surface area contributed by atoms with E-state index in [0.717, 1.165) is 36.3 Å². The second-order valence-corrected chi connectivity index (χ2v) is 6.45. The number of Topliss-reactive ketones (excluding diaryl/α,β-unsaturated/α-hetero) is 1. The third-order valence-electron chi connectivity index (χ3n) is 3.98. The molecule has 6 heteroatoms. The average molecular weight is 353 g/mol. The largest absolute Gasteiger partial charge is 0.381 e. The third-order valence-corrected chi connectivity index (χ3v) is 4.62. The van der Waals surface area contributed by atoms with E-state index >= 15 is 0 Å². The summed E-state index contributed by atoms with van der Waals surface area (Å²) in [5.41, 5.74) is 1.99. The molecule has 2 heterocycles. The maximum atomic E-state index is 11.7. The van der Waals surface area contributed by atoms with Crippen molar-refractivity contribution < 1.29 is 14.3 Å². The minimum absolute atomic E-state index is 0.435. The van der Waals surface area contributed by atoms with Gasteiger partial charge in [-0.25, -0.2) is 0 Å². The van der Waals surface area contributed by atoms with E-state index in [2.05, 4.69) is 26.1 Å². The Bertz CT molecular complexity index is 597. The van der Waals surface area contributed by atoms with Crippen LogP contribution in [0, 0.1) is 5.92 Å². The number of amides is 1. The van der Waals surface area contributed by atoms with Gasteiger partial charge >= 0.3 is 0 Å². The standard InChI is InChI=1S/C15H17BrN2O3/c1-18(7-9-3-2-4-21-8-9)13-6-12-10(5-11(13)16)14(19)15(20)17-12/h5-6,9H,2-4,7-8H2,1H3,(H,17,19,20). The van der Waals surface area contributed by atoms with E-state index in [4.69, 9.17) is 4.74 Å². The minimum Gasteiger partial charge on any atom is -0.381 e. The first-order valence-electron chi connectivity index (χ1n) is 7.04. The molecule has 1 amide bonds. The van der Waals surface area contributed by atoms with Crippen molar-refractivity contribution in [3.05, 3.63) is 22.2 Å². The molecule has 5 nitrogen and oxygen atoms in total. The van der Waals surface area contributed by atoms with Crippen LogP contribution in [0.1, 0.15) is 23.2 Å². The topological polar surface area (TPSA) is 58.6 Å². The van der Waals surface area contributed by atoms with Crippen molar-refractivity contribution in [2.45, 2.75) is 12.8 Å². The van der Waals surface area contributed by atoms with Gasteiger partial charge in [0.25, 0.3) is 11.7 Å². The fourth-order valence-electron chi connectivity index (χ4n) is 2.88. The number of anilines is 2. The number of carbonyl (C=O) groups excluding carboxylic acids is 2. The van der Waals surface area contributed by atoms with E-state index in [-0.39, 0.29) is 0 Å². The minimum atomic E-state index is -0.558. The Balaban J connectivity index is 1.80. The molecule has 0 radical (unpaired) electrons. The summed E-state index contributed by atoms with van der Waals surface area (Å²) in [6.45, 7) is 2.54. The third kappa shape index (κ3) is 2.82. The molecule has 1 aromatic carbocycles. The highest BCUT2D eigenvalue weighted by Crippen LogP contribution is 2.35. The number of ketones is 1. The molecule has 0 saturated carbocycles. The number of hydrogen-bond donors (Lipinski definition) is 1. The summed E-state index contributed by atoms with van der Waals surface area (Å²) in [7, 11) is 2.01. The molecule has 112 valence electrons. The van der Waals surface area contributed by atoms with Crippen molar-refractivity contribution in [1.82, 2.24) is 0 Å². The lowest BCUT2D eigenvalue weighted by Crippen LogP contribution is -2.31. The van der Waals surface area contributed by atoms with Crippen LogP contribution in [-0.4, -0.2) is 38.5 Å². The van der Waals surface area contributed by atoms with Crippen LogP contribution in [0.5, 0.6) is 0 Å². The zero-order valence-electron chi connectivity index (χ0n) is 11.8. The molecule has 1 aromatic rings. The summed E-state index contributed by atoms with van der Waals surface area (Å²) >= 11 is 3.50. The second-order valence-electron chi connectivity index (χ2n) is 5.60. The number of nitrogens with zero attached hydrogens (tertiary/aromatic N) is 1. The monoisotopic (exact) mass is 352 g/mol. The van der Waals surface area contributed by atoms with E-state index in [1.54, 1.807) is 6.07 Å². The maximum absolute atomic E-state index is 11.7. The molecule has 2 aliphatic rings. The zero-order valence-corrected chi connectivity index (χ0v) is 13.4. The SMILES string of the molecule is CN(CC1CCCOC1)c1cc2c(cc1Br)C(=O)C(=O)N2. The molecule has 2 aliphatic heterocycles. The number of halogens is 1. The number of carbonyl (C=O) groups is 2. The van der Waals surface area contributed by atoms with Crippen molar-refractivity contribution in [3.63, 3.8) is 0 Å². The lowest BCUT2D eigenvalue weighted by Gasteiger charge is -2.29. The fourth-order valence-corrected chi connectivity index (χ4v) is 3.53. The lowest BCUT2D eigenvalue weighted by molar-refractivity contribution is -0.112. The Morgan fingerprint density at radius 3 is 2.95 bits per heavy atom. The predicted molar refractivity (Wildman–Crippen MR) is 83.9 cm³/mol. The van der Waals surface area contributed by atoms with Crippen LogP contribution in [0.15, 0.2) is 16.6 Å². The Hall–Kier alpha value is -1.40. The number of ether oxygens (including phenoxy) is 1. The van der Waals surface area contributed by atoms with Crippen molar-refractivity contribution in [3.8, 4) is 0 Å². The highest BCUT2D eigenvalue weighted by molar-refractivity contribution is 9.10. The van der Waals surface area contributed by atoms with Crippen molar-refractivity contribution in [2.75, 3.05) is 37.0 Å². The Morgan fingerprint density at radius 2 is 2.24 bits per heavy atom. The van der Waals surface area contributed by atoms with Crippen LogP contribution in [0.25, 0.3) is 0 Å². The van der Waals surface area contributed by atoms with Gasteiger partial charge in [-0.05, 0) is 46.8 Å². The molecule has 0 aromatic heterocycles. The van der Waals surface area contributed by atoms with E-state index in [9.17, 15) is 9.59 Å². The van der Waals surface area contributed by atoms with Gasteiger partial charge in [-0.3, -0.25) is 9.59 Å². The van der Waals surface area contributed by atoms with Gasteiger partial charge in [0, 0.05) is 24.7 Å². The first-order chi connectivity index (χ1) is 10.1. The number of benzene rings is 1. The predicted octanol–water partition coefficient (Wildman–Crippen LogP) is 2.45. The van der Waals surface area contributed by atoms with Gasteiger partial charge in [-0.1, -0.05) is 0 Å². The molecule has 1 unspecified atom stereocenters. The van der Waals surface area contributed by atoms with E-state index < -0.39 is 11.7 Å². The van der Waals surface area contributed by atoms with Crippen LogP contribution in [0.4, 0.5) is 11.4 Å². The number of rotatable bonds is 3. The summed E-state index contributed by atoms with van der Waals surface area (Å²) in [5, 5.41) is 2.61. The van der Waals surface area contributed by atoms with E-state index in [0.29, 0.717) is 17.2 Å². The number of nitrogens with one attached hydrogen (secondary N) is 1. The van der Waals surface area contributed by atoms with Crippen LogP contribution < -0.4 is 10.2 Å². The smallest absolute Gasteiger partial charge is 0.296 e. The fraction of sp³-hybridized carbons (Fsp3) is 0.467. The highest BCUT2D eigenvalue weighted by Gasteiger charge is 2.29. The summed E-state index contributed by atoms with van der Waals surface area (Å²) < 4.78 is 6.34. The van der Waals surface area contributed by atoms with Gasteiger partial charge < -0.3 is 15.0 Å². The van der Waals surface area contributed by atoms with Gasteiger partial charge in [0.15, 0.2) is 0 Å². The average Bonchev–Trinajstić information content (AvgIpc) is 2.74. The van der Waals surface area contributed by atoms with Crippen molar-refractivity contribution in [1.29, 1.82) is 0 Å². The van der Waals surface area contributed by atoms with E-state index in [1.165, 1.54) is 6.42 Å². The first kappa shape index (κ1) is 14.5. The van der Waals surface area contributed by atoms with Gasteiger partial charge in [0.05, 0.1) is 23.5 Å². The molecular formula is C15H17BrN2O3. The number of hydrogen-bond acceptors (Lipinski definition) is 4. The molecule has 1 saturated heterocycles.